The van der Waals surface area contributed by atoms with Crippen LogP contribution in [0.15, 0.2) is 42.6 Å². The zero-order valence-electron chi connectivity index (χ0n) is 14.1. The van der Waals surface area contributed by atoms with E-state index in [4.69, 9.17) is 16.3 Å². The van der Waals surface area contributed by atoms with Crippen molar-refractivity contribution in [3.63, 3.8) is 0 Å². The van der Waals surface area contributed by atoms with Crippen molar-refractivity contribution in [2.75, 3.05) is 31.1 Å². The summed E-state index contributed by atoms with van der Waals surface area (Å²) in [5.41, 5.74) is 0.978. The number of nitrogens with zero attached hydrogens (tertiary/aromatic N) is 2. The molecule has 1 atom stereocenters. The minimum Gasteiger partial charge on any atom is -0.478 e. The average molecular weight is 364 g/mol. The second-order valence-corrected chi connectivity index (χ2v) is 6.57. The number of ether oxygens (including phenoxy) is 1. The van der Waals surface area contributed by atoms with Gasteiger partial charge in [0.2, 0.25) is 5.88 Å². The van der Waals surface area contributed by atoms with Crippen LogP contribution in [0.25, 0.3) is 0 Å². The van der Waals surface area contributed by atoms with Crippen molar-refractivity contribution in [1.82, 2.24) is 10.3 Å². The van der Waals surface area contributed by atoms with Gasteiger partial charge in [-0.1, -0.05) is 17.7 Å². The van der Waals surface area contributed by atoms with E-state index in [1.807, 2.05) is 24.3 Å². The largest absolute Gasteiger partial charge is 0.478 e. The molecule has 1 aliphatic heterocycles. The van der Waals surface area contributed by atoms with Crippen molar-refractivity contribution in [1.29, 1.82) is 0 Å². The van der Waals surface area contributed by atoms with Gasteiger partial charge in [-0.05, 0) is 50.1 Å². The van der Waals surface area contributed by atoms with Gasteiger partial charge >= 0.3 is 0 Å². The molecule has 1 aliphatic rings. The van der Waals surface area contributed by atoms with Crippen LogP contribution in [0, 0.1) is 5.82 Å². The summed E-state index contributed by atoms with van der Waals surface area (Å²) in [7, 11) is 0. The van der Waals surface area contributed by atoms with Crippen LogP contribution in [0.5, 0.6) is 5.88 Å². The third kappa shape index (κ3) is 5.06. The lowest BCUT2D eigenvalue weighted by molar-refractivity contribution is 0.295. The Balaban J connectivity index is 1.54. The highest BCUT2D eigenvalue weighted by molar-refractivity contribution is 6.31. The number of pyridine rings is 1. The molecule has 0 aliphatic carbocycles. The first kappa shape index (κ1) is 18.0. The van der Waals surface area contributed by atoms with Crippen molar-refractivity contribution < 1.29 is 9.13 Å². The van der Waals surface area contributed by atoms with Crippen LogP contribution in [-0.2, 0) is 0 Å². The molecule has 0 unspecified atom stereocenters. The first-order chi connectivity index (χ1) is 12.2. The molecule has 1 fully saturated rings. The average Bonchev–Trinajstić information content (AvgIpc) is 3.16. The number of anilines is 1. The molecule has 0 spiro atoms. The van der Waals surface area contributed by atoms with Gasteiger partial charge in [0.15, 0.2) is 0 Å². The van der Waals surface area contributed by atoms with Gasteiger partial charge in [0.1, 0.15) is 5.82 Å². The second kappa shape index (κ2) is 9.02. The molecule has 2 aromatic rings. The number of rotatable bonds is 8. The van der Waals surface area contributed by atoms with E-state index in [-0.39, 0.29) is 10.8 Å². The number of hydrogen-bond donors (Lipinski definition) is 1. The first-order valence-electron chi connectivity index (χ1n) is 8.70. The maximum absolute atomic E-state index is 13.5. The zero-order chi connectivity index (χ0) is 17.5. The number of halogens is 2. The number of aromatic nitrogens is 1. The normalized spacial score (nSPS) is 16.8. The van der Waals surface area contributed by atoms with Crippen LogP contribution in [0.1, 0.15) is 19.3 Å². The molecule has 0 amide bonds. The fourth-order valence-electron chi connectivity index (χ4n) is 3.09. The predicted molar refractivity (Wildman–Crippen MR) is 99.0 cm³/mol. The zero-order valence-corrected chi connectivity index (χ0v) is 14.9. The van der Waals surface area contributed by atoms with Crippen molar-refractivity contribution in [3.8, 4) is 5.88 Å². The summed E-state index contributed by atoms with van der Waals surface area (Å²) in [6, 6.07) is 11.0. The lowest BCUT2D eigenvalue weighted by atomic mass is 10.1. The van der Waals surface area contributed by atoms with Gasteiger partial charge in [-0.3, -0.25) is 0 Å². The summed E-state index contributed by atoms with van der Waals surface area (Å²) >= 11 is 5.97. The van der Waals surface area contributed by atoms with E-state index in [2.05, 4.69) is 15.2 Å². The van der Waals surface area contributed by atoms with E-state index in [1.165, 1.54) is 6.07 Å². The molecular weight excluding hydrogens is 341 g/mol. The van der Waals surface area contributed by atoms with E-state index in [1.54, 1.807) is 12.3 Å². The molecule has 0 radical (unpaired) electrons. The van der Waals surface area contributed by atoms with Crippen molar-refractivity contribution >= 4 is 17.3 Å². The smallest absolute Gasteiger partial charge is 0.213 e. The molecule has 2 heterocycles. The molecule has 3 rings (SSSR count). The quantitative estimate of drug-likeness (QED) is 0.722. The maximum Gasteiger partial charge on any atom is 0.213 e. The molecule has 1 saturated heterocycles. The van der Waals surface area contributed by atoms with Gasteiger partial charge in [0.05, 0.1) is 11.6 Å². The van der Waals surface area contributed by atoms with Gasteiger partial charge in [-0.2, -0.15) is 0 Å². The Morgan fingerprint density at radius 1 is 1.28 bits per heavy atom. The molecule has 0 bridgehead atoms. The van der Waals surface area contributed by atoms with Crippen LogP contribution in [0.3, 0.4) is 0 Å². The van der Waals surface area contributed by atoms with Gasteiger partial charge in [0.25, 0.3) is 0 Å². The van der Waals surface area contributed by atoms with E-state index < -0.39 is 0 Å². The highest BCUT2D eigenvalue weighted by Gasteiger charge is 2.22. The van der Waals surface area contributed by atoms with Crippen LogP contribution in [0.4, 0.5) is 10.1 Å². The van der Waals surface area contributed by atoms with Crippen molar-refractivity contribution in [2.24, 2.45) is 0 Å². The van der Waals surface area contributed by atoms with Crippen LogP contribution >= 0.6 is 11.6 Å². The number of unbranched alkanes of at least 4 members (excludes halogenated alkanes) is 1. The molecule has 1 N–H and O–H groups in total. The fourth-order valence-corrected chi connectivity index (χ4v) is 3.26. The fraction of sp³-hybridized carbons (Fsp3) is 0.421. The van der Waals surface area contributed by atoms with Crippen molar-refractivity contribution in [2.45, 2.75) is 25.3 Å². The third-order valence-electron chi connectivity index (χ3n) is 4.39. The Labute approximate surface area is 153 Å². The topological polar surface area (TPSA) is 37.4 Å². The summed E-state index contributed by atoms with van der Waals surface area (Å²) in [6.45, 7) is 3.48. The molecule has 4 nitrogen and oxygen atoms in total. The summed E-state index contributed by atoms with van der Waals surface area (Å²) < 4.78 is 19.1. The Hall–Kier alpha value is -1.85. The monoisotopic (exact) mass is 363 g/mol. The second-order valence-electron chi connectivity index (χ2n) is 6.16. The van der Waals surface area contributed by atoms with Crippen molar-refractivity contribution in [3.05, 3.63) is 53.4 Å². The molecule has 25 heavy (non-hydrogen) atoms. The van der Waals surface area contributed by atoms with Gasteiger partial charge in [-0.15, -0.1) is 0 Å². The van der Waals surface area contributed by atoms with E-state index in [9.17, 15) is 4.39 Å². The lowest BCUT2D eigenvalue weighted by Gasteiger charge is -2.31. The number of nitrogens with one attached hydrogen (secondary N) is 1. The molecule has 0 saturated carbocycles. The lowest BCUT2D eigenvalue weighted by Crippen LogP contribution is -2.37. The minimum absolute atomic E-state index is 0.173. The summed E-state index contributed by atoms with van der Waals surface area (Å²) in [5.74, 6) is 0.281. The maximum atomic E-state index is 13.5. The molecule has 1 aromatic carbocycles. The Bertz CT molecular complexity index is 665. The van der Waals surface area contributed by atoms with Crippen LogP contribution in [0.2, 0.25) is 5.02 Å². The van der Waals surface area contributed by atoms with E-state index in [0.29, 0.717) is 18.5 Å². The highest BCUT2D eigenvalue weighted by atomic mass is 35.5. The van der Waals surface area contributed by atoms with Gasteiger partial charge in [0, 0.05) is 37.1 Å². The van der Waals surface area contributed by atoms with E-state index in [0.717, 1.165) is 44.6 Å². The molecule has 6 heteroatoms. The first-order valence-corrected chi connectivity index (χ1v) is 9.08. The third-order valence-corrected chi connectivity index (χ3v) is 4.68. The molecule has 134 valence electrons. The minimum atomic E-state index is -0.376. The van der Waals surface area contributed by atoms with Crippen LogP contribution in [-0.4, -0.2) is 37.3 Å². The Kier molecular flexibility index (Phi) is 6.48. The molecule has 1 aromatic heterocycles. The number of benzene rings is 1. The Morgan fingerprint density at radius 2 is 2.20 bits per heavy atom. The van der Waals surface area contributed by atoms with Crippen LogP contribution < -0.4 is 15.0 Å². The summed E-state index contributed by atoms with van der Waals surface area (Å²) in [5, 5.41) is 3.56. The summed E-state index contributed by atoms with van der Waals surface area (Å²) in [6.07, 6.45) is 4.72. The van der Waals surface area contributed by atoms with E-state index >= 15 is 0 Å². The van der Waals surface area contributed by atoms with Gasteiger partial charge in [-0.25, -0.2) is 9.37 Å². The predicted octanol–water partition coefficient (Wildman–Crippen LogP) is 3.90. The summed E-state index contributed by atoms with van der Waals surface area (Å²) in [4.78, 5) is 6.47. The SMILES string of the molecule is Fc1ccc(N(CCCCOc2ccccn2)[C@H]2CCNC2)cc1Cl. The number of hydrogen-bond acceptors (Lipinski definition) is 4. The molecular formula is C19H23ClFN3O. The van der Waals surface area contributed by atoms with Gasteiger partial charge < -0.3 is 15.0 Å². The Morgan fingerprint density at radius 3 is 2.92 bits per heavy atom. The highest BCUT2D eigenvalue weighted by Crippen LogP contribution is 2.26. The standard InChI is InChI=1S/C19H23ClFN3O/c20-17-13-15(6-7-18(17)21)24(16-8-10-22-14-16)11-3-4-12-25-19-5-1-2-9-23-19/h1-2,5-7,9,13,16,22H,3-4,8,10-12,14H2/t16-/m0/s1.